The van der Waals surface area contributed by atoms with Crippen LogP contribution in [0.1, 0.15) is 15.9 Å². The van der Waals surface area contributed by atoms with Crippen molar-refractivity contribution in [2.45, 2.75) is 19.7 Å². The minimum atomic E-state index is -4.58. The summed E-state index contributed by atoms with van der Waals surface area (Å²) in [7, 11) is 0. The highest BCUT2D eigenvalue weighted by molar-refractivity contribution is 5.98. The number of nitrogens with one attached hydrogen (secondary N) is 1. The van der Waals surface area contributed by atoms with Gasteiger partial charge in [0.2, 0.25) is 0 Å². The summed E-state index contributed by atoms with van der Waals surface area (Å²) in [5, 5.41) is 1.60. The zero-order valence-electron chi connectivity index (χ0n) is 9.72. The van der Waals surface area contributed by atoms with Gasteiger partial charge in [-0.25, -0.2) is 0 Å². The fourth-order valence-corrected chi connectivity index (χ4v) is 1.39. The van der Waals surface area contributed by atoms with Crippen molar-refractivity contribution in [1.29, 1.82) is 0 Å². The predicted molar refractivity (Wildman–Crippen MR) is 56.2 cm³/mol. The molecule has 0 saturated heterocycles. The number of carbonyl (C=O) groups is 1. The van der Waals surface area contributed by atoms with E-state index in [0.29, 0.717) is 0 Å². The Morgan fingerprint density at radius 1 is 1.37 bits per heavy atom. The average Bonchev–Trinajstić information content (AvgIpc) is 2.24. The summed E-state index contributed by atoms with van der Waals surface area (Å²) in [5.74, 6) is -1.58. The predicted octanol–water partition coefficient (Wildman–Crippen LogP) is 2.89. The van der Waals surface area contributed by atoms with Gasteiger partial charge in [0.05, 0.1) is 5.56 Å². The molecule has 0 radical (unpaired) electrons. The molecule has 1 aromatic carbocycles. The second-order valence-electron chi connectivity index (χ2n) is 3.62. The van der Waals surface area contributed by atoms with Crippen LogP contribution in [0, 0.1) is 6.92 Å². The lowest BCUT2D eigenvalue weighted by Gasteiger charge is -2.14. The first-order valence-electron chi connectivity index (χ1n) is 5.10. The second-order valence-corrected chi connectivity index (χ2v) is 3.62. The molecule has 0 aliphatic carbocycles. The van der Waals surface area contributed by atoms with Gasteiger partial charge in [-0.3, -0.25) is 4.79 Å². The molecule has 0 aromatic heterocycles. The Kier molecular flexibility index (Phi) is 4.68. The first-order chi connectivity index (χ1) is 8.70. The molecule has 0 aliphatic rings. The van der Waals surface area contributed by atoms with E-state index in [1.54, 1.807) is 5.32 Å². The average molecular weight is 283 g/mol. The van der Waals surface area contributed by atoms with Crippen LogP contribution in [0.25, 0.3) is 0 Å². The van der Waals surface area contributed by atoms with Gasteiger partial charge in [0.15, 0.2) is 0 Å². The van der Waals surface area contributed by atoms with Crippen LogP contribution in [0.4, 0.5) is 22.0 Å². The van der Waals surface area contributed by atoms with Crippen LogP contribution in [-0.4, -0.2) is 25.2 Å². The molecule has 1 N–H and O–H groups in total. The quantitative estimate of drug-likeness (QED) is 0.863. The van der Waals surface area contributed by atoms with Crippen molar-refractivity contribution in [3.63, 3.8) is 0 Å². The summed E-state index contributed by atoms with van der Waals surface area (Å²) in [4.78, 5) is 11.6. The Balaban J connectivity index is 2.94. The summed E-state index contributed by atoms with van der Waals surface area (Å²) in [5.41, 5.74) is -0.107. The van der Waals surface area contributed by atoms with Crippen LogP contribution < -0.4 is 10.1 Å². The molecule has 0 atom stereocenters. The number of halogens is 5. The van der Waals surface area contributed by atoms with Crippen molar-refractivity contribution in [2.75, 3.05) is 6.54 Å². The van der Waals surface area contributed by atoms with E-state index in [4.69, 9.17) is 0 Å². The highest BCUT2D eigenvalue weighted by atomic mass is 19.4. The van der Waals surface area contributed by atoms with Gasteiger partial charge in [-0.15, -0.1) is 0 Å². The largest absolute Gasteiger partial charge is 0.434 e. The summed E-state index contributed by atoms with van der Waals surface area (Å²) in [6.45, 7) is -3.31. The molecular formula is C11H10F5NO2. The van der Waals surface area contributed by atoms with Crippen LogP contribution in [0.2, 0.25) is 0 Å². The molecule has 3 nitrogen and oxygen atoms in total. The van der Waals surface area contributed by atoms with Gasteiger partial charge in [0, 0.05) is 0 Å². The SMILES string of the molecule is Cc1cccc(OC(F)F)c1C(=O)NCC(F)(F)F. The number of amides is 1. The van der Waals surface area contributed by atoms with E-state index in [0.717, 1.165) is 6.07 Å². The standard InChI is InChI=1S/C11H10F5NO2/c1-6-3-2-4-7(19-10(12)13)8(6)9(18)17-5-11(14,15)16/h2-4,10H,5H2,1H3,(H,17,18). The number of aryl methyl sites for hydroxylation is 1. The summed E-state index contributed by atoms with van der Waals surface area (Å²) < 4.78 is 64.3. The Hall–Kier alpha value is -1.86. The second kappa shape index (κ2) is 5.85. The van der Waals surface area contributed by atoms with Crippen molar-refractivity contribution in [2.24, 2.45) is 0 Å². The molecule has 0 unspecified atom stereocenters. The molecule has 0 bridgehead atoms. The molecular weight excluding hydrogens is 273 g/mol. The van der Waals surface area contributed by atoms with Gasteiger partial charge < -0.3 is 10.1 Å². The van der Waals surface area contributed by atoms with Crippen molar-refractivity contribution < 1.29 is 31.5 Å². The van der Waals surface area contributed by atoms with Gasteiger partial charge in [-0.1, -0.05) is 12.1 Å². The van der Waals surface area contributed by atoms with Crippen molar-refractivity contribution in [1.82, 2.24) is 5.32 Å². The van der Waals surface area contributed by atoms with Crippen LogP contribution in [0.3, 0.4) is 0 Å². The maximum absolute atomic E-state index is 12.1. The monoisotopic (exact) mass is 283 g/mol. The summed E-state index contributed by atoms with van der Waals surface area (Å²) in [6.07, 6.45) is -4.58. The Labute approximate surface area is 105 Å². The van der Waals surface area contributed by atoms with E-state index in [1.165, 1.54) is 19.1 Å². The van der Waals surface area contributed by atoms with Crippen molar-refractivity contribution in [3.05, 3.63) is 29.3 Å². The zero-order chi connectivity index (χ0) is 14.6. The lowest BCUT2D eigenvalue weighted by atomic mass is 10.1. The zero-order valence-corrected chi connectivity index (χ0v) is 9.72. The Bertz CT molecular complexity index is 459. The normalized spacial score (nSPS) is 11.5. The van der Waals surface area contributed by atoms with E-state index in [1.807, 2.05) is 0 Å². The minimum Gasteiger partial charge on any atom is -0.434 e. The number of ether oxygens (including phenoxy) is 1. The maximum Gasteiger partial charge on any atom is 0.405 e. The molecule has 0 aliphatic heterocycles. The van der Waals surface area contributed by atoms with Crippen LogP contribution >= 0.6 is 0 Å². The third kappa shape index (κ3) is 4.72. The number of alkyl halides is 5. The molecule has 19 heavy (non-hydrogen) atoms. The molecule has 1 aromatic rings. The van der Waals surface area contributed by atoms with Gasteiger partial charge in [-0.2, -0.15) is 22.0 Å². The number of carbonyl (C=O) groups excluding carboxylic acids is 1. The lowest BCUT2D eigenvalue weighted by Crippen LogP contribution is -2.34. The molecule has 0 spiro atoms. The number of rotatable bonds is 4. The Morgan fingerprint density at radius 3 is 2.53 bits per heavy atom. The van der Waals surface area contributed by atoms with E-state index in [-0.39, 0.29) is 11.1 Å². The first kappa shape index (κ1) is 15.2. The Morgan fingerprint density at radius 2 is 2.00 bits per heavy atom. The first-order valence-corrected chi connectivity index (χ1v) is 5.10. The summed E-state index contributed by atoms with van der Waals surface area (Å²) in [6, 6.07) is 3.84. The molecule has 1 rings (SSSR count). The summed E-state index contributed by atoms with van der Waals surface area (Å²) >= 11 is 0. The highest BCUT2D eigenvalue weighted by Gasteiger charge is 2.29. The third-order valence-electron chi connectivity index (χ3n) is 2.13. The van der Waals surface area contributed by atoms with Gasteiger partial charge in [0.25, 0.3) is 5.91 Å². The fraction of sp³-hybridized carbons (Fsp3) is 0.364. The van der Waals surface area contributed by atoms with Gasteiger partial charge >= 0.3 is 12.8 Å². The maximum atomic E-state index is 12.1. The van der Waals surface area contributed by atoms with Crippen molar-refractivity contribution in [3.8, 4) is 5.75 Å². The smallest absolute Gasteiger partial charge is 0.405 e. The van der Waals surface area contributed by atoms with E-state index < -0.39 is 31.0 Å². The van der Waals surface area contributed by atoms with E-state index >= 15 is 0 Å². The molecule has 0 heterocycles. The van der Waals surface area contributed by atoms with E-state index in [2.05, 4.69) is 4.74 Å². The van der Waals surface area contributed by atoms with Crippen LogP contribution in [0.5, 0.6) is 5.75 Å². The molecule has 1 amide bonds. The highest BCUT2D eigenvalue weighted by Crippen LogP contribution is 2.24. The number of hydrogen-bond acceptors (Lipinski definition) is 2. The topological polar surface area (TPSA) is 38.3 Å². The van der Waals surface area contributed by atoms with Gasteiger partial charge in [-0.05, 0) is 18.6 Å². The van der Waals surface area contributed by atoms with E-state index in [9.17, 15) is 26.7 Å². The number of hydrogen-bond donors (Lipinski definition) is 1. The van der Waals surface area contributed by atoms with Crippen molar-refractivity contribution >= 4 is 5.91 Å². The molecule has 8 heteroatoms. The molecule has 106 valence electrons. The van der Waals surface area contributed by atoms with Crippen LogP contribution in [-0.2, 0) is 0 Å². The van der Waals surface area contributed by atoms with Gasteiger partial charge in [0.1, 0.15) is 12.3 Å². The lowest BCUT2D eigenvalue weighted by molar-refractivity contribution is -0.123. The number of benzene rings is 1. The molecule has 0 fully saturated rings. The van der Waals surface area contributed by atoms with Crippen LogP contribution in [0.15, 0.2) is 18.2 Å². The minimum absolute atomic E-state index is 0.234. The fourth-order valence-electron chi connectivity index (χ4n) is 1.39. The molecule has 0 saturated carbocycles. The third-order valence-corrected chi connectivity index (χ3v) is 2.13.